The smallest absolute Gasteiger partial charge is 0.340 e. The zero-order valence-corrected chi connectivity index (χ0v) is 13.0. The van der Waals surface area contributed by atoms with E-state index in [2.05, 4.69) is 0 Å². The minimum Gasteiger partial charge on any atom is -0.340 e. The number of hydrogen-bond donors (Lipinski definition) is 1. The average Bonchev–Trinajstić information content (AvgIpc) is 2.48. The number of nitrogens with zero attached hydrogens (tertiary/aromatic N) is 2. The van der Waals surface area contributed by atoms with Gasteiger partial charge in [-0.05, 0) is 19.8 Å². The lowest BCUT2D eigenvalue weighted by atomic mass is 9.80. The fraction of sp³-hybridized carbons (Fsp3) is 0.929. The summed E-state index contributed by atoms with van der Waals surface area (Å²) in [5.74, 6) is -0.0192. The minimum atomic E-state index is -4.22. The molecular formula is C14H26F3N3O. The molecule has 0 aliphatic carbocycles. The molecule has 0 aromatic carbocycles. The van der Waals surface area contributed by atoms with Gasteiger partial charge >= 0.3 is 6.18 Å². The molecule has 4 nitrogen and oxygen atoms in total. The second-order valence-corrected chi connectivity index (χ2v) is 5.74. The first-order valence-electron chi connectivity index (χ1n) is 7.52. The molecule has 1 heterocycles. The molecule has 1 amide bonds. The van der Waals surface area contributed by atoms with Gasteiger partial charge in [0.1, 0.15) is 6.04 Å². The van der Waals surface area contributed by atoms with Crippen molar-refractivity contribution in [1.82, 2.24) is 9.80 Å². The highest BCUT2D eigenvalue weighted by molar-refractivity contribution is 5.83. The predicted molar refractivity (Wildman–Crippen MR) is 75.7 cm³/mol. The first kappa shape index (κ1) is 18.2. The standard InChI is InChI=1S/C14H26F3N3O/c1-4-13(5-2,10-18)12(21)20-8-6-19(7-9-20)11(3)14(15,16)17/h11H,4-10,18H2,1-3H3. The van der Waals surface area contributed by atoms with Crippen molar-refractivity contribution in [2.75, 3.05) is 32.7 Å². The number of piperazine rings is 1. The Labute approximate surface area is 124 Å². The molecule has 1 aliphatic rings. The lowest BCUT2D eigenvalue weighted by molar-refractivity contribution is -0.183. The summed E-state index contributed by atoms with van der Waals surface area (Å²) in [4.78, 5) is 15.6. The molecule has 1 unspecified atom stereocenters. The van der Waals surface area contributed by atoms with E-state index < -0.39 is 17.6 Å². The summed E-state index contributed by atoms with van der Waals surface area (Å²) in [6, 6.07) is -1.47. The molecule has 1 saturated heterocycles. The second kappa shape index (κ2) is 6.96. The maximum absolute atomic E-state index is 12.7. The monoisotopic (exact) mass is 309 g/mol. The molecule has 0 aromatic heterocycles. The quantitative estimate of drug-likeness (QED) is 0.843. The normalized spacial score (nSPS) is 19.7. The number of halogens is 3. The summed E-state index contributed by atoms with van der Waals surface area (Å²) in [5, 5.41) is 0. The van der Waals surface area contributed by atoms with Crippen LogP contribution in [-0.2, 0) is 4.79 Å². The Morgan fingerprint density at radius 1 is 1.14 bits per heavy atom. The molecule has 124 valence electrons. The van der Waals surface area contributed by atoms with Crippen molar-refractivity contribution >= 4 is 5.91 Å². The molecule has 0 aromatic rings. The molecule has 1 aliphatic heterocycles. The summed E-state index contributed by atoms with van der Waals surface area (Å²) >= 11 is 0. The summed E-state index contributed by atoms with van der Waals surface area (Å²) in [6.07, 6.45) is -2.92. The Hall–Kier alpha value is -0.820. The van der Waals surface area contributed by atoms with Gasteiger partial charge in [0.05, 0.1) is 5.41 Å². The molecule has 0 spiro atoms. The van der Waals surface area contributed by atoms with Crippen molar-refractivity contribution < 1.29 is 18.0 Å². The van der Waals surface area contributed by atoms with Crippen LogP contribution in [0.4, 0.5) is 13.2 Å². The third kappa shape index (κ3) is 3.88. The number of rotatable bonds is 5. The minimum absolute atomic E-state index is 0.0192. The van der Waals surface area contributed by atoms with Crippen LogP contribution in [0, 0.1) is 5.41 Å². The fourth-order valence-electron chi connectivity index (χ4n) is 2.78. The van der Waals surface area contributed by atoms with E-state index in [0.29, 0.717) is 25.9 Å². The van der Waals surface area contributed by atoms with Crippen LogP contribution >= 0.6 is 0 Å². The van der Waals surface area contributed by atoms with E-state index >= 15 is 0 Å². The van der Waals surface area contributed by atoms with Crippen molar-refractivity contribution in [2.24, 2.45) is 11.1 Å². The van der Waals surface area contributed by atoms with Crippen LogP contribution in [0.1, 0.15) is 33.6 Å². The van der Waals surface area contributed by atoms with Crippen molar-refractivity contribution in [3.05, 3.63) is 0 Å². The van der Waals surface area contributed by atoms with Crippen molar-refractivity contribution in [3.63, 3.8) is 0 Å². The van der Waals surface area contributed by atoms with E-state index in [9.17, 15) is 18.0 Å². The predicted octanol–water partition coefficient (Wildman–Crippen LogP) is 1.85. The van der Waals surface area contributed by atoms with E-state index in [1.54, 1.807) is 4.90 Å². The number of carbonyl (C=O) groups is 1. The van der Waals surface area contributed by atoms with Gasteiger partial charge in [0.25, 0.3) is 0 Å². The van der Waals surface area contributed by atoms with E-state index in [4.69, 9.17) is 5.73 Å². The van der Waals surface area contributed by atoms with Gasteiger partial charge in [-0.2, -0.15) is 13.2 Å². The summed E-state index contributed by atoms with van der Waals surface area (Å²) in [5.41, 5.74) is 5.19. The first-order valence-corrected chi connectivity index (χ1v) is 7.52. The Morgan fingerprint density at radius 3 is 1.95 bits per heavy atom. The first-order chi connectivity index (χ1) is 9.71. The molecule has 0 radical (unpaired) electrons. The third-order valence-electron chi connectivity index (χ3n) is 4.82. The van der Waals surface area contributed by atoms with Gasteiger partial charge in [-0.1, -0.05) is 13.8 Å². The van der Waals surface area contributed by atoms with Crippen LogP contribution in [-0.4, -0.2) is 60.6 Å². The van der Waals surface area contributed by atoms with Gasteiger partial charge in [0.15, 0.2) is 0 Å². The van der Waals surface area contributed by atoms with Crippen molar-refractivity contribution in [1.29, 1.82) is 0 Å². The molecule has 1 fully saturated rings. The van der Waals surface area contributed by atoms with Crippen molar-refractivity contribution in [2.45, 2.75) is 45.8 Å². The van der Waals surface area contributed by atoms with E-state index in [1.165, 1.54) is 11.8 Å². The van der Waals surface area contributed by atoms with Crippen LogP contribution < -0.4 is 5.73 Å². The Morgan fingerprint density at radius 2 is 1.62 bits per heavy atom. The van der Waals surface area contributed by atoms with Crippen LogP contribution in [0.2, 0.25) is 0 Å². The fourth-order valence-corrected chi connectivity index (χ4v) is 2.78. The third-order valence-corrected chi connectivity index (χ3v) is 4.82. The molecule has 7 heteroatoms. The second-order valence-electron chi connectivity index (χ2n) is 5.74. The van der Waals surface area contributed by atoms with Gasteiger partial charge in [-0.3, -0.25) is 9.69 Å². The number of carbonyl (C=O) groups excluding carboxylic acids is 1. The zero-order chi connectivity index (χ0) is 16.3. The van der Waals surface area contributed by atoms with E-state index in [-0.39, 0.29) is 25.5 Å². The largest absolute Gasteiger partial charge is 0.403 e. The Kier molecular flexibility index (Phi) is 6.04. The molecule has 0 bridgehead atoms. The zero-order valence-electron chi connectivity index (χ0n) is 13.0. The van der Waals surface area contributed by atoms with Crippen LogP contribution in [0.5, 0.6) is 0 Å². The Bertz CT molecular complexity index is 340. The van der Waals surface area contributed by atoms with Crippen molar-refractivity contribution in [3.8, 4) is 0 Å². The molecule has 1 rings (SSSR count). The number of hydrogen-bond acceptors (Lipinski definition) is 3. The number of alkyl halides is 3. The summed E-state index contributed by atoms with van der Waals surface area (Å²) in [6.45, 7) is 6.47. The van der Waals surface area contributed by atoms with Gasteiger partial charge in [0.2, 0.25) is 5.91 Å². The van der Waals surface area contributed by atoms with Gasteiger partial charge in [-0.25, -0.2) is 0 Å². The van der Waals surface area contributed by atoms with Crippen LogP contribution in [0.25, 0.3) is 0 Å². The van der Waals surface area contributed by atoms with Crippen LogP contribution in [0.15, 0.2) is 0 Å². The molecule has 1 atom stereocenters. The highest BCUT2D eigenvalue weighted by atomic mass is 19.4. The molecule has 2 N–H and O–H groups in total. The highest BCUT2D eigenvalue weighted by Gasteiger charge is 2.43. The number of amides is 1. The van der Waals surface area contributed by atoms with Gasteiger partial charge < -0.3 is 10.6 Å². The topological polar surface area (TPSA) is 49.6 Å². The van der Waals surface area contributed by atoms with E-state index in [0.717, 1.165) is 0 Å². The summed E-state index contributed by atoms with van der Waals surface area (Å²) < 4.78 is 38.1. The van der Waals surface area contributed by atoms with Gasteiger partial charge in [0, 0.05) is 32.7 Å². The lowest BCUT2D eigenvalue weighted by Gasteiger charge is -2.42. The maximum Gasteiger partial charge on any atom is 0.403 e. The number of nitrogens with two attached hydrogens (primary N) is 1. The van der Waals surface area contributed by atoms with E-state index in [1.807, 2.05) is 13.8 Å². The molecular weight excluding hydrogens is 283 g/mol. The molecule has 0 saturated carbocycles. The Balaban J connectivity index is 2.66. The van der Waals surface area contributed by atoms with Crippen LogP contribution in [0.3, 0.4) is 0 Å². The maximum atomic E-state index is 12.7. The molecule has 21 heavy (non-hydrogen) atoms. The summed E-state index contributed by atoms with van der Waals surface area (Å²) in [7, 11) is 0. The average molecular weight is 309 g/mol. The van der Waals surface area contributed by atoms with Gasteiger partial charge in [-0.15, -0.1) is 0 Å². The SMILES string of the molecule is CCC(CC)(CN)C(=O)N1CCN(C(C)C(F)(F)F)CC1. The lowest BCUT2D eigenvalue weighted by Crippen LogP contribution is -2.58. The highest BCUT2D eigenvalue weighted by Crippen LogP contribution is 2.29.